The predicted octanol–water partition coefficient (Wildman–Crippen LogP) is 3.94. The molecule has 1 atom stereocenters. The van der Waals surface area contributed by atoms with Crippen LogP contribution in [-0.2, 0) is 12.8 Å². The lowest BCUT2D eigenvalue weighted by atomic mass is 9.89. The van der Waals surface area contributed by atoms with Crippen LogP contribution in [0.2, 0.25) is 0 Å². The molecular formula is C18H16N6S2. The van der Waals surface area contributed by atoms with Crippen molar-refractivity contribution in [3.05, 3.63) is 47.1 Å². The summed E-state index contributed by atoms with van der Waals surface area (Å²) in [5.74, 6) is 0.741. The number of rotatable bonds is 3. The van der Waals surface area contributed by atoms with E-state index in [-0.39, 0.29) is 0 Å². The summed E-state index contributed by atoms with van der Waals surface area (Å²) in [7, 11) is 0. The van der Waals surface area contributed by atoms with E-state index in [4.69, 9.17) is 0 Å². The minimum Gasteiger partial charge on any atom is -0.229 e. The average molecular weight is 381 g/mol. The first-order valence-electron chi connectivity index (χ1n) is 8.56. The van der Waals surface area contributed by atoms with Crippen LogP contribution in [0.25, 0.3) is 15.9 Å². The number of benzene rings is 1. The highest BCUT2D eigenvalue weighted by atomic mass is 32.2. The van der Waals surface area contributed by atoms with E-state index in [1.165, 1.54) is 34.0 Å². The molecular weight excluding hydrogens is 364 g/mol. The fraction of sp³-hybridized carbons (Fsp3) is 0.278. The third kappa shape index (κ3) is 2.69. The molecule has 0 aliphatic heterocycles. The SMILES string of the molecule is CC1CCc2c(sc3ncnc(Sc4nnnn4-c4ccccc4)c23)C1. The monoisotopic (exact) mass is 380 g/mol. The van der Waals surface area contributed by atoms with Crippen molar-refractivity contribution in [1.82, 2.24) is 30.2 Å². The first-order valence-corrected chi connectivity index (χ1v) is 10.2. The maximum atomic E-state index is 4.57. The molecule has 26 heavy (non-hydrogen) atoms. The third-order valence-corrected chi connectivity index (χ3v) is 6.79. The summed E-state index contributed by atoms with van der Waals surface area (Å²) in [6.07, 6.45) is 5.11. The molecule has 0 amide bonds. The van der Waals surface area contributed by atoms with Crippen molar-refractivity contribution in [2.24, 2.45) is 5.92 Å². The molecule has 5 rings (SSSR count). The van der Waals surface area contributed by atoms with E-state index in [0.717, 1.165) is 34.3 Å². The number of nitrogens with zero attached hydrogens (tertiary/aromatic N) is 6. The Bertz CT molecular complexity index is 1070. The van der Waals surface area contributed by atoms with Crippen LogP contribution >= 0.6 is 23.1 Å². The smallest absolute Gasteiger partial charge is 0.220 e. The highest BCUT2D eigenvalue weighted by Crippen LogP contribution is 2.41. The van der Waals surface area contributed by atoms with Gasteiger partial charge < -0.3 is 0 Å². The van der Waals surface area contributed by atoms with Gasteiger partial charge in [0.15, 0.2) is 0 Å². The minimum atomic E-state index is 0.709. The van der Waals surface area contributed by atoms with Crippen LogP contribution in [0, 0.1) is 5.92 Å². The Morgan fingerprint density at radius 3 is 2.96 bits per heavy atom. The van der Waals surface area contributed by atoms with Crippen LogP contribution in [-0.4, -0.2) is 30.2 Å². The van der Waals surface area contributed by atoms with Crippen molar-refractivity contribution in [3.63, 3.8) is 0 Å². The number of hydrogen-bond donors (Lipinski definition) is 0. The lowest BCUT2D eigenvalue weighted by Crippen LogP contribution is -2.08. The Hall–Kier alpha value is -2.32. The van der Waals surface area contributed by atoms with Gasteiger partial charge >= 0.3 is 0 Å². The summed E-state index contributed by atoms with van der Waals surface area (Å²) in [6.45, 7) is 2.32. The second kappa shape index (κ2) is 6.44. The summed E-state index contributed by atoms with van der Waals surface area (Å²) >= 11 is 3.31. The van der Waals surface area contributed by atoms with E-state index in [1.54, 1.807) is 11.0 Å². The van der Waals surface area contributed by atoms with Gasteiger partial charge in [0.2, 0.25) is 5.16 Å². The summed E-state index contributed by atoms with van der Waals surface area (Å²) in [6, 6.07) is 9.91. The standard InChI is InChI=1S/C18H16N6S2/c1-11-7-8-13-14(9-11)25-16-15(13)17(20-10-19-16)26-18-21-22-23-24(18)12-5-3-2-4-6-12/h2-6,10-11H,7-9H2,1H3. The Labute approximate surface area is 158 Å². The molecule has 1 aliphatic rings. The number of aromatic nitrogens is 6. The lowest BCUT2D eigenvalue weighted by Gasteiger charge is -2.18. The number of thiophene rings is 1. The molecule has 0 saturated carbocycles. The van der Waals surface area contributed by atoms with Crippen molar-refractivity contribution in [2.45, 2.75) is 36.4 Å². The first-order chi connectivity index (χ1) is 12.8. The van der Waals surface area contributed by atoms with Gasteiger partial charge in [-0.2, -0.15) is 4.68 Å². The quantitative estimate of drug-likeness (QED) is 0.501. The van der Waals surface area contributed by atoms with Crippen molar-refractivity contribution in [3.8, 4) is 5.69 Å². The van der Waals surface area contributed by atoms with Gasteiger partial charge in [-0.3, -0.25) is 0 Å². The molecule has 0 spiro atoms. The zero-order valence-corrected chi connectivity index (χ0v) is 15.8. The van der Waals surface area contributed by atoms with Crippen LogP contribution in [0.5, 0.6) is 0 Å². The fourth-order valence-corrected chi connectivity index (χ4v) is 5.70. The molecule has 0 saturated heterocycles. The molecule has 1 aromatic carbocycles. The molecule has 3 heterocycles. The zero-order valence-electron chi connectivity index (χ0n) is 14.2. The Kier molecular flexibility index (Phi) is 3.94. The molecule has 8 heteroatoms. The maximum absolute atomic E-state index is 4.57. The number of tetrazole rings is 1. The molecule has 0 radical (unpaired) electrons. The largest absolute Gasteiger partial charge is 0.229 e. The average Bonchev–Trinajstić information content (AvgIpc) is 3.26. The first kappa shape index (κ1) is 15.9. The summed E-state index contributed by atoms with van der Waals surface area (Å²) < 4.78 is 1.75. The second-order valence-corrected chi connectivity index (χ2v) is 8.56. The van der Waals surface area contributed by atoms with Gasteiger partial charge in [-0.15, -0.1) is 16.4 Å². The van der Waals surface area contributed by atoms with Crippen LogP contribution in [0.15, 0.2) is 46.8 Å². The molecule has 3 aromatic heterocycles. The van der Waals surface area contributed by atoms with Crippen LogP contribution in [0.3, 0.4) is 0 Å². The van der Waals surface area contributed by atoms with Crippen LogP contribution in [0.1, 0.15) is 23.8 Å². The molecule has 0 fully saturated rings. The van der Waals surface area contributed by atoms with E-state index in [2.05, 4.69) is 32.4 Å². The van der Waals surface area contributed by atoms with E-state index < -0.39 is 0 Å². The molecule has 1 aliphatic carbocycles. The molecule has 0 N–H and O–H groups in total. The van der Waals surface area contributed by atoms with Crippen LogP contribution in [0.4, 0.5) is 0 Å². The molecule has 130 valence electrons. The Balaban J connectivity index is 1.59. The van der Waals surface area contributed by atoms with E-state index >= 15 is 0 Å². The molecule has 1 unspecified atom stereocenters. The van der Waals surface area contributed by atoms with Gasteiger partial charge in [-0.25, -0.2) is 9.97 Å². The normalized spacial score (nSPS) is 16.7. The molecule has 4 aromatic rings. The van der Waals surface area contributed by atoms with E-state index in [0.29, 0.717) is 5.16 Å². The number of para-hydroxylation sites is 1. The van der Waals surface area contributed by atoms with Gasteiger partial charge in [0.25, 0.3) is 0 Å². The van der Waals surface area contributed by atoms with Gasteiger partial charge in [0, 0.05) is 10.3 Å². The maximum Gasteiger partial charge on any atom is 0.220 e. The Morgan fingerprint density at radius 2 is 2.08 bits per heavy atom. The van der Waals surface area contributed by atoms with Crippen molar-refractivity contribution in [2.75, 3.05) is 0 Å². The van der Waals surface area contributed by atoms with Crippen molar-refractivity contribution in [1.29, 1.82) is 0 Å². The highest BCUT2D eigenvalue weighted by Gasteiger charge is 2.24. The van der Waals surface area contributed by atoms with E-state index in [1.807, 2.05) is 41.7 Å². The van der Waals surface area contributed by atoms with Gasteiger partial charge in [0.1, 0.15) is 16.2 Å². The predicted molar refractivity (Wildman–Crippen MR) is 102 cm³/mol. The second-order valence-electron chi connectivity index (χ2n) is 6.52. The summed E-state index contributed by atoms with van der Waals surface area (Å²) in [5, 5.41) is 15.0. The number of aryl methyl sites for hydroxylation is 1. The summed E-state index contributed by atoms with van der Waals surface area (Å²) in [4.78, 5) is 11.6. The van der Waals surface area contributed by atoms with E-state index in [9.17, 15) is 0 Å². The topological polar surface area (TPSA) is 69.4 Å². The van der Waals surface area contributed by atoms with Gasteiger partial charge in [-0.05, 0) is 65.1 Å². The fourth-order valence-electron chi connectivity index (χ4n) is 3.38. The third-order valence-electron chi connectivity index (χ3n) is 4.69. The van der Waals surface area contributed by atoms with Gasteiger partial charge in [0.05, 0.1) is 5.69 Å². The zero-order chi connectivity index (χ0) is 17.5. The highest BCUT2D eigenvalue weighted by molar-refractivity contribution is 7.99. The summed E-state index contributed by atoms with van der Waals surface area (Å²) in [5.41, 5.74) is 2.36. The van der Waals surface area contributed by atoms with Gasteiger partial charge in [-0.1, -0.05) is 25.1 Å². The Morgan fingerprint density at radius 1 is 1.19 bits per heavy atom. The minimum absolute atomic E-state index is 0.709. The lowest BCUT2D eigenvalue weighted by molar-refractivity contribution is 0.509. The van der Waals surface area contributed by atoms with Crippen LogP contribution < -0.4 is 0 Å². The number of hydrogen-bond acceptors (Lipinski definition) is 7. The van der Waals surface area contributed by atoms with Crippen molar-refractivity contribution >= 4 is 33.3 Å². The molecule has 6 nitrogen and oxygen atoms in total. The van der Waals surface area contributed by atoms with Crippen molar-refractivity contribution < 1.29 is 0 Å². The number of fused-ring (bicyclic) bond motifs is 3. The molecule has 0 bridgehead atoms.